The number of imide groups is 2. The largest absolute Gasteiger partial charge is 0.490 e. The van der Waals surface area contributed by atoms with Gasteiger partial charge in [-0.25, -0.2) is 9.69 Å². The summed E-state index contributed by atoms with van der Waals surface area (Å²) >= 11 is 2.14. The number of nitrogens with one attached hydrogen (secondary N) is 1. The minimum atomic E-state index is -0.849. The average Bonchev–Trinajstić information content (AvgIpc) is 3.43. The van der Waals surface area contributed by atoms with Crippen molar-refractivity contribution in [1.29, 1.82) is 0 Å². The van der Waals surface area contributed by atoms with E-state index in [1.807, 2.05) is 25.1 Å². The first-order chi connectivity index (χ1) is 19.9. The van der Waals surface area contributed by atoms with E-state index in [1.54, 1.807) is 24.3 Å². The molecule has 2 aliphatic rings. The molecule has 0 radical (unpaired) electrons. The second-order valence-electron chi connectivity index (χ2n) is 9.23. The zero-order chi connectivity index (χ0) is 28.5. The summed E-state index contributed by atoms with van der Waals surface area (Å²) in [4.78, 5) is 39.7. The number of anilines is 1. The quantitative estimate of drug-likeness (QED) is 0.151. The molecule has 0 aromatic heterocycles. The fourth-order valence-electron chi connectivity index (χ4n) is 4.64. The molecule has 206 valence electrons. The van der Waals surface area contributed by atoms with E-state index in [0.29, 0.717) is 41.8 Å². The molecule has 1 saturated heterocycles. The molecule has 0 aliphatic carbocycles. The summed E-state index contributed by atoms with van der Waals surface area (Å²) in [6.45, 7) is 2.62. The average molecular weight is 662 g/mol. The lowest BCUT2D eigenvalue weighted by atomic mass is 10.1. The summed E-state index contributed by atoms with van der Waals surface area (Å²) in [5.41, 5.74) is 1.59. The molecule has 41 heavy (non-hydrogen) atoms. The Bertz CT molecular complexity index is 1750. The Morgan fingerprint density at radius 3 is 2.56 bits per heavy atom. The highest BCUT2D eigenvalue weighted by atomic mass is 127. The minimum absolute atomic E-state index is 0.0470. The molecule has 6 rings (SSSR count). The van der Waals surface area contributed by atoms with Gasteiger partial charge in [0.1, 0.15) is 12.2 Å². The molecule has 4 aromatic rings. The van der Waals surface area contributed by atoms with Crippen molar-refractivity contribution in [2.24, 2.45) is 0 Å². The van der Waals surface area contributed by atoms with Gasteiger partial charge in [-0.1, -0.05) is 36.4 Å². The molecule has 0 atom stereocenters. The highest BCUT2D eigenvalue weighted by molar-refractivity contribution is 14.1. The van der Waals surface area contributed by atoms with Crippen LogP contribution < -0.4 is 29.2 Å². The Labute approximate surface area is 248 Å². The SMILES string of the molecule is CCOc1cc(/C=C2\C(=O)NC(=O)N(c3ccc4c(c3)OCO4)C2=O)cc(I)c1OCc1ccc2ccccc2c1. The van der Waals surface area contributed by atoms with Crippen LogP contribution in [-0.4, -0.2) is 31.2 Å². The van der Waals surface area contributed by atoms with Crippen molar-refractivity contribution in [3.05, 3.63) is 93.1 Å². The fraction of sp³-hybridized carbons (Fsp3) is 0.129. The number of nitrogens with zero attached hydrogens (tertiary/aromatic N) is 1. The molecule has 0 saturated carbocycles. The molecule has 9 nitrogen and oxygen atoms in total. The van der Waals surface area contributed by atoms with E-state index in [9.17, 15) is 14.4 Å². The second kappa shape index (κ2) is 11.1. The molecule has 10 heteroatoms. The second-order valence-corrected chi connectivity index (χ2v) is 10.4. The number of benzene rings is 4. The molecular formula is C31H23IN2O7. The van der Waals surface area contributed by atoms with Gasteiger partial charge in [0.2, 0.25) is 6.79 Å². The zero-order valence-corrected chi connectivity index (χ0v) is 24.0. The maximum atomic E-state index is 13.4. The van der Waals surface area contributed by atoms with Crippen LogP contribution in [0.3, 0.4) is 0 Å². The van der Waals surface area contributed by atoms with E-state index in [2.05, 4.69) is 52.2 Å². The van der Waals surface area contributed by atoms with Crippen LogP contribution in [0.4, 0.5) is 10.5 Å². The number of fused-ring (bicyclic) bond motifs is 2. The molecule has 0 spiro atoms. The molecule has 4 aromatic carbocycles. The lowest BCUT2D eigenvalue weighted by molar-refractivity contribution is -0.122. The Morgan fingerprint density at radius 2 is 1.73 bits per heavy atom. The number of carbonyl (C=O) groups is 3. The van der Waals surface area contributed by atoms with Gasteiger partial charge in [0.25, 0.3) is 11.8 Å². The van der Waals surface area contributed by atoms with Crippen LogP contribution in [0.15, 0.2) is 78.4 Å². The number of ether oxygens (including phenoxy) is 4. The predicted octanol–water partition coefficient (Wildman–Crippen LogP) is 5.82. The molecule has 4 amide bonds. The third-order valence-electron chi connectivity index (χ3n) is 6.56. The number of carbonyl (C=O) groups excluding carboxylic acids is 3. The first kappa shape index (κ1) is 26.6. The van der Waals surface area contributed by atoms with Gasteiger partial charge in [-0.05, 0) is 87.8 Å². The number of barbiturate groups is 1. The first-order valence-electron chi connectivity index (χ1n) is 12.8. The molecule has 0 unspecified atom stereocenters. The number of urea groups is 1. The standard InChI is InChI=1S/C31H23IN2O7/c1-2-38-27-14-19(13-24(32)28(27)39-16-18-7-8-20-5-3-4-6-21(20)11-18)12-23-29(35)33-31(37)34(30(23)36)22-9-10-25-26(15-22)41-17-40-25/h3-15H,2,16-17H2,1H3,(H,33,35,37)/b23-12+. The van der Waals surface area contributed by atoms with Gasteiger partial charge in [-0.15, -0.1) is 0 Å². The highest BCUT2D eigenvalue weighted by Crippen LogP contribution is 2.38. The van der Waals surface area contributed by atoms with Gasteiger partial charge in [-0.2, -0.15) is 0 Å². The Balaban J connectivity index is 1.28. The number of hydrogen-bond acceptors (Lipinski definition) is 7. The number of hydrogen-bond donors (Lipinski definition) is 1. The summed E-state index contributed by atoms with van der Waals surface area (Å²) in [7, 11) is 0. The number of amides is 4. The van der Waals surface area contributed by atoms with Crippen molar-refractivity contribution in [3.63, 3.8) is 0 Å². The van der Waals surface area contributed by atoms with Crippen LogP contribution in [0.25, 0.3) is 16.8 Å². The smallest absolute Gasteiger partial charge is 0.335 e. The Morgan fingerprint density at radius 1 is 0.927 bits per heavy atom. The first-order valence-corrected chi connectivity index (χ1v) is 13.9. The third kappa shape index (κ3) is 5.30. The summed E-state index contributed by atoms with van der Waals surface area (Å²) in [5.74, 6) is 0.384. The van der Waals surface area contributed by atoms with Crippen molar-refractivity contribution in [2.75, 3.05) is 18.3 Å². The maximum absolute atomic E-state index is 13.4. The molecule has 1 fully saturated rings. The molecule has 2 heterocycles. The zero-order valence-electron chi connectivity index (χ0n) is 21.8. The Kier molecular flexibility index (Phi) is 7.23. The normalized spacial score (nSPS) is 15.4. The minimum Gasteiger partial charge on any atom is -0.490 e. The van der Waals surface area contributed by atoms with Crippen molar-refractivity contribution >= 4 is 63.0 Å². The van der Waals surface area contributed by atoms with E-state index < -0.39 is 17.8 Å². The van der Waals surface area contributed by atoms with E-state index >= 15 is 0 Å². The van der Waals surface area contributed by atoms with Gasteiger partial charge in [0.05, 0.1) is 15.9 Å². The van der Waals surface area contributed by atoms with Gasteiger partial charge in [0, 0.05) is 6.07 Å². The van der Waals surface area contributed by atoms with Crippen LogP contribution in [-0.2, 0) is 16.2 Å². The van der Waals surface area contributed by atoms with Crippen molar-refractivity contribution in [2.45, 2.75) is 13.5 Å². The van der Waals surface area contributed by atoms with Gasteiger partial charge >= 0.3 is 6.03 Å². The predicted molar refractivity (Wildman–Crippen MR) is 160 cm³/mol. The van der Waals surface area contributed by atoms with Crippen LogP contribution in [0.2, 0.25) is 0 Å². The van der Waals surface area contributed by atoms with E-state index in [-0.39, 0.29) is 18.1 Å². The molecular weight excluding hydrogens is 639 g/mol. The molecule has 0 bridgehead atoms. The topological polar surface area (TPSA) is 103 Å². The lowest BCUT2D eigenvalue weighted by Gasteiger charge is -2.26. The van der Waals surface area contributed by atoms with E-state index in [0.717, 1.165) is 24.8 Å². The van der Waals surface area contributed by atoms with Gasteiger partial charge in [-0.3, -0.25) is 14.9 Å². The molecule has 2 aliphatic heterocycles. The van der Waals surface area contributed by atoms with Crippen molar-refractivity contribution in [3.8, 4) is 23.0 Å². The monoisotopic (exact) mass is 662 g/mol. The van der Waals surface area contributed by atoms with Crippen molar-refractivity contribution in [1.82, 2.24) is 5.32 Å². The molecule has 1 N–H and O–H groups in total. The Hall–Kier alpha value is -4.58. The van der Waals surface area contributed by atoms with Gasteiger partial charge < -0.3 is 18.9 Å². The highest BCUT2D eigenvalue weighted by Gasteiger charge is 2.37. The van der Waals surface area contributed by atoms with Crippen molar-refractivity contribution < 1.29 is 33.3 Å². The summed E-state index contributed by atoms with van der Waals surface area (Å²) in [6, 6.07) is 21.6. The maximum Gasteiger partial charge on any atom is 0.335 e. The fourth-order valence-corrected chi connectivity index (χ4v) is 5.42. The van der Waals surface area contributed by atoms with Crippen LogP contribution >= 0.6 is 22.6 Å². The van der Waals surface area contributed by atoms with E-state index in [1.165, 1.54) is 12.1 Å². The summed E-state index contributed by atoms with van der Waals surface area (Å²) < 4.78 is 23.5. The number of halogens is 1. The third-order valence-corrected chi connectivity index (χ3v) is 7.36. The van der Waals surface area contributed by atoms with Gasteiger partial charge in [0.15, 0.2) is 23.0 Å². The summed E-state index contributed by atoms with van der Waals surface area (Å²) in [5, 5.41) is 4.52. The number of rotatable bonds is 7. The van der Waals surface area contributed by atoms with Crippen LogP contribution in [0.1, 0.15) is 18.1 Å². The van der Waals surface area contributed by atoms with Crippen LogP contribution in [0.5, 0.6) is 23.0 Å². The van der Waals surface area contributed by atoms with E-state index in [4.69, 9.17) is 18.9 Å². The lowest BCUT2D eigenvalue weighted by Crippen LogP contribution is -2.54. The summed E-state index contributed by atoms with van der Waals surface area (Å²) in [6.07, 6.45) is 1.43. The van der Waals surface area contributed by atoms with Crippen LogP contribution in [0, 0.1) is 3.57 Å².